The molecule has 1 unspecified atom stereocenters. The maximum absolute atomic E-state index is 9.79. The van der Waals surface area contributed by atoms with Crippen LogP contribution in [0.3, 0.4) is 0 Å². The quantitative estimate of drug-likeness (QED) is 0.575. The first-order chi connectivity index (χ1) is 11.9. The third-order valence-electron chi connectivity index (χ3n) is 4.24. The number of benzene rings is 1. The van der Waals surface area contributed by atoms with Gasteiger partial charge in [-0.2, -0.15) is 0 Å². The highest BCUT2D eigenvalue weighted by Gasteiger charge is 2.24. The van der Waals surface area contributed by atoms with Gasteiger partial charge in [0.15, 0.2) is 0 Å². The van der Waals surface area contributed by atoms with Crippen LogP contribution in [0.25, 0.3) is 0 Å². The maximum Gasteiger partial charge on any atom is 0.119 e. The Kier molecular flexibility index (Phi) is 9.58. The van der Waals surface area contributed by atoms with Gasteiger partial charge in [-0.25, -0.2) is 0 Å². The first-order valence-electron chi connectivity index (χ1n) is 9.15. The number of nitrogens with one attached hydrogen (secondary N) is 1. The van der Waals surface area contributed by atoms with Gasteiger partial charge in [0.1, 0.15) is 12.1 Å². The molecule has 140 valence electrons. The lowest BCUT2D eigenvalue weighted by Gasteiger charge is -2.19. The van der Waals surface area contributed by atoms with Crippen LogP contribution >= 0.6 is 11.6 Å². The van der Waals surface area contributed by atoms with Crippen LogP contribution in [0.4, 0.5) is 5.69 Å². The summed E-state index contributed by atoms with van der Waals surface area (Å²) >= 11 is 6.12. The van der Waals surface area contributed by atoms with Gasteiger partial charge in [0, 0.05) is 31.0 Å². The maximum atomic E-state index is 9.79. The summed E-state index contributed by atoms with van der Waals surface area (Å²) in [6.45, 7) is 9.57. The minimum Gasteiger partial charge on any atom is -0.303 e. The number of carbonyl (C=O) groups is 1. The highest BCUT2D eigenvalue weighted by atomic mass is 35.5. The Labute approximate surface area is 157 Å². The smallest absolute Gasteiger partial charge is 0.119 e. The molecule has 1 fully saturated rings. The Hall–Kier alpha value is -1.55. The highest BCUT2D eigenvalue weighted by molar-refractivity contribution is 6.31. The zero-order valence-electron chi connectivity index (χ0n) is 16.2. The number of hydrazine groups is 1. The average molecular weight is 366 g/mol. The van der Waals surface area contributed by atoms with E-state index in [1.54, 1.807) is 0 Å². The van der Waals surface area contributed by atoms with Crippen LogP contribution in [-0.2, 0) is 11.2 Å². The van der Waals surface area contributed by atoms with Gasteiger partial charge in [-0.1, -0.05) is 45.7 Å². The third kappa shape index (κ3) is 7.07. The van der Waals surface area contributed by atoms with Crippen LogP contribution in [0.15, 0.2) is 23.2 Å². The summed E-state index contributed by atoms with van der Waals surface area (Å²) in [5.41, 5.74) is 5.65. The summed E-state index contributed by atoms with van der Waals surface area (Å²) in [6, 6.07) is 6.14. The number of hydrogen-bond donors (Lipinski definition) is 1. The standard InChI is InChI=1S/C13H18ClN3.C7H14O/c1-4-10-7-11(5-6-12(10)14)17-8-9(2)13(15-3)16-17;1-7(2)5-3-4-6-8/h5-7,9H,4,8H2,1-3H3,(H,15,16);6-7H,3-5H2,1-2H3. The SMILES string of the molecule is CC(C)CCCC=O.CCc1cc(N2CC(C)C(=NC)N2)ccc1Cl. The summed E-state index contributed by atoms with van der Waals surface area (Å²) in [7, 11) is 1.82. The molecule has 1 aromatic carbocycles. The minimum absolute atomic E-state index is 0.445. The largest absolute Gasteiger partial charge is 0.303 e. The second-order valence-corrected chi connectivity index (χ2v) is 7.26. The van der Waals surface area contributed by atoms with E-state index in [2.05, 4.69) is 49.2 Å². The number of aryl methyl sites for hydroxylation is 1. The number of rotatable bonds is 6. The molecule has 1 N–H and O–H groups in total. The van der Waals surface area contributed by atoms with E-state index < -0.39 is 0 Å². The average Bonchev–Trinajstić information content (AvgIpc) is 2.97. The summed E-state index contributed by atoms with van der Waals surface area (Å²) in [4.78, 5) is 14.0. The molecule has 1 saturated heterocycles. The van der Waals surface area contributed by atoms with Gasteiger partial charge in [0.05, 0.1) is 5.69 Å². The van der Waals surface area contributed by atoms with Gasteiger partial charge in [0.25, 0.3) is 0 Å². The second kappa shape index (κ2) is 11.1. The van der Waals surface area contributed by atoms with Gasteiger partial charge in [-0.15, -0.1) is 0 Å². The Bertz CT molecular complexity index is 572. The van der Waals surface area contributed by atoms with Crippen LogP contribution in [0.1, 0.15) is 52.5 Å². The van der Waals surface area contributed by atoms with Crippen molar-refractivity contribution in [3.63, 3.8) is 0 Å². The predicted octanol–water partition coefficient (Wildman–Crippen LogP) is 4.90. The normalized spacial score (nSPS) is 18.1. The van der Waals surface area contributed by atoms with E-state index in [1.807, 2.05) is 19.2 Å². The molecular formula is C20H32ClN3O. The number of amidine groups is 1. The van der Waals surface area contributed by atoms with E-state index in [0.29, 0.717) is 5.92 Å². The molecule has 1 heterocycles. The van der Waals surface area contributed by atoms with Gasteiger partial charge < -0.3 is 4.79 Å². The molecule has 2 rings (SSSR count). The number of nitrogens with zero attached hydrogens (tertiary/aromatic N) is 2. The Morgan fingerprint density at radius 3 is 2.68 bits per heavy atom. The predicted molar refractivity (Wildman–Crippen MR) is 109 cm³/mol. The van der Waals surface area contributed by atoms with Crippen LogP contribution in [0.5, 0.6) is 0 Å². The van der Waals surface area contributed by atoms with E-state index in [0.717, 1.165) is 54.6 Å². The van der Waals surface area contributed by atoms with Gasteiger partial charge >= 0.3 is 0 Å². The van der Waals surface area contributed by atoms with E-state index in [-0.39, 0.29) is 0 Å². The molecule has 0 saturated carbocycles. The van der Waals surface area contributed by atoms with Crippen molar-refractivity contribution < 1.29 is 4.79 Å². The number of carbonyl (C=O) groups excluding carboxylic acids is 1. The highest BCUT2D eigenvalue weighted by Crippen LogP contribution is 2.25. The molecular weight excluding hydrogens is 334 g/mol. The molecule has 1 aromatic rings. The monoisotopic (exact) mass is 365 g/mol. The van der Waals surface area contributed by atoms with Crippen LogP contribution in [-0.4, -0.2) is 25.7 Å². The molecule has 0 spiro atoms. The van der Waals surface area contributed by atoms with Crippen molar-refractivity contribution in [3.05, 3.63) is 28.8 Å². The van der Waals surface area contributed by atoms with E-state index >= 15 is 0 Å². The van der Waals surface area contributed by atoms with E-state index in [1.165, 1.54) is 12.0 Å². The second-order valence-electron chi connectivity index (χ2n) is 6.85. The topological polar surface area (TPSA) is 44.7 Å². The molecule has 4 nitrogen and oxygen atoms in total. The fourth-order valence-electron chi connectivity index (χ4n) is 2.70. The Morgan fingerprint density at radius 2 is 2.16 bits per heavy atom. The zero-order valence-corrected chi connectivity index (χ0v) is 16.9. The lowest BCUT2D eigenvalue weighted by atomic mass is 10.1. The molecule has 0 aromatic heterocycles. The summed E-state index contributed by atoms with van der Waals surface area (Å²) in [6.07, 6.45) is 4.91. The van der Waals surface area contributed by atoms with Crippen molar-refractivity contribution in [2.45, 2.75) is 53.4 Å². The summed E-state index contributed by atoms with van der Waals surface area (Å²) < 4.78 is 0. The van der Waals surface area contributed by atoms with Crippen molar-refractivity contribution in [3.8, 4) is 0 Å². The van der Waals surface area contributed by atoms with Gasteiger partial charge in [-0.3, -0.25) is 15.4 Å². The first-order valence-corrected chi connectivity index (χ1v) is 9.53. The Morgan fingerprint density at radius 1 is 1.44 bits per heavy atom. The molecule has 5 heteroatoms. The van der Waals surface area contributed by atoms with Crippen LogP contribution in [0.2, 0.25) is 5.02 Å². The lowest BCUT2D eigenvalue weighted by Crippen LogP contribution is -2.33. The molecule has 1 atom stereocenters. The third-order valence-corrected chi connectivity index (χ3v) is 4.61. The van der Waals surface area contributed by atoms with E-state index in [9.17, 15) is 4.79 Å². The zero-order chi connectivity index (χ0) is 18.8. The minimum atomic E-state index is 0.445. The lowest BCUT2D eigenvalue weighted by molar-refractivity contribution is -0.107. The van der Waals surface area contributed by atoms with Crippen molar-refractivity contribution in [2.24, 2.45) is 16.8 Å². The first kappa shape index (κ1) is 21.5. The number of anilines is 1. The molecule has 0 radical (unpaired) electrons. The van der Waals surface area contributed by atoms with Crippen molar-refractivity contribution in [2.75, 3.05) is 18.6 Å². The van der Waals surface area contributed by atoms with Crippen molar-refractivity contribution >= 4 is 29.4 Å². The molecule has 1 aliphatic heterocycles. The number of unbranched alkanes of at least 4 members (excludes halogenated alkanes) is 1. The Balaban J connectivity index is 0.000000333. The molecule has 0 bridgehead atoms. The fraction of sp³-hybridized carbons (Fsp3) is 0.600. The molecule has 1 aliphatic rings. The number of aliphatic imine (C=N–C) groups is 1. The fourth-order valence-corrected chi connectivity index (χ4v) is 2.96. The summed E-state index contributed by atoms with van der Waals surface area (Å²) in [5.74, 6) is 2.23. The molecule has 0 amide bonds. The number of halogens is 1. The van der Waals surface area contributed by atoms with Crippen molar-refractivity contribution in [1.29, 1.82) is 0 Å². The van der Waals surface area contributed by atoms with Gasteiger partial charge in [-0.05, 0) is 42.5 Å². The van der Waals surface area contributed by atoms with Crippen molar-refractivity contribution in [1.82, 2.24) is 5.43 Å². The van der Waals surface area contributed by atoms with E-state index in [4.69, 9.17) is 11.6 Å². The van der Waals surface area contributed by atoms with Crippen LogP contribution < -0.4 is 10.4 Å². The number of hydrogen-bond acceptors (Lipinski definition) is 3. The summed E-state index contributed by atoms with van der Waals surface area (Å²) in [5, 5.41) is 2.97. The molecule has 25 heavy (non-hydrogen) atoms. The van der Waals surface area contributed by atoms with Gasteiger partial charge in [0.2, 0.25) is 0 Å². The number of aldehydes is 1. The molecule has 0 aliphatic carbocycles. The van der Waals surface area contributed by atoms with Crippen LogP contribution in [0, 0.1) is 11.8 Å².